The van der Waals surface area contributed by atoms with Crippen LogP contribution in [0, 0.1) is 0 Å². The van der Waals surface area contributed by atoms with Crippen LogP contribution in [0.4, 0.5) is 0 Å². The molecule has 146 valence electrons. The zero-order valence-corrected chi connectivity index (χ0v) is 15.5. The Morgan fingerprint density at radius 3 is 2.71 bits per heavy atom. The summed E-state index contributed by atoms with van der Waals surface area (Å²) in [6.45, 7) is 1.85. The quantitative estimate of drug-likeness (QED) is 0.566. The molecule has 1 atom stereocenters. The molecule has 0 aliphatic heterocycles. The summed E-state index contributed by atoms with van der Waals surface area (Å²) in [5.74, 6) is -0.190. The average Bonchev–Trinajstić information content (AvgIpc) is 3.39. The number of carbonyl (C=O) groups is 2. The molecule has 0 aliphatic carbocycles. The summed E-state index contributed by atoms with van der Waals surface area (Å²) in [4.78, 5) is 29.1. The normalized spacial score (nSPS) is 11.8. The second kappa shape index (κ2) is 9.50. The van der Waals surface area contributed by atoms with Crippen molar-refractivity contribution in [2.45, 2.75) is 38.8 Å². The lowest BCUT2D eigenvalue weighted by Gasteiger charge is -2.16. The fourth-order valence-corrected chi connectivity index (χ4v) is 2.59. The largest absolute Gasteiger partial charge is 0.459 e. The van der Waals surface area contributed by atoms with E-state index in [9.17, 15) is 9.59 Å². The summed E-state index contributed by atoms with van der Waals surface area (Å²) in [7, 11) is 0. The van der Waals surface area contributed by atoms with Crippen LogP contribution in [0.1, 0.15) is 41.2 Å². The molecule has 0 radical (unpaired) electrons. The molecule has 0 unspecified atom stereocenters. The first-order valence-electron chi connectivity index (χ1n) is 9.02. The number of hydrogen-bond acceptors (Lipinski definition) is 7. The van der Waals surface area contributed by atoms with Crippen molar-refractivity contribution in [2.24, 2.45) is 0 Å². The molecule has 0 fully saturated rings. The van der Waals surface area contributed by atoms with Gasteiger partial charge in [-0.3, -0.25) is 4.79 Å². The van der Waals surface area contributed by atoms with Crippen molar-refractivity contribution >= 4 is 11.9 Å². The van der Waals surface area contributed by atoms with Crippen LogP contribution in [0.3, 0.4) is 0 Å². The number of aryl methyl sites for hydroxylation is 1. The number of nitrogens with zero attached hydrogens (tertiary/aromatic N) is 2. The minimum absolute atomic E-state index is 0.118. The lowest BCUT2D eigenvalue weighted by Crippen LogP contribution is -2.43. The Bertz CT molecular complexity index is 890. The average molecular weight is 383 g/mol. The molecule has 2 heterocycles. The molecule has 28 heavy (non-hydrogen) atoms. The fraction of sp³-hybridized carbons (Fsp3) is 0.300. The van der Waals surface area contributed by atoms with E-state index in [0.717, 1.165) is 12.0 Å². The van der Waals surface area contributed by atoms with Crippen LogP contribution in [0.25, 0.3) is 0 Å². The van der Waals surface area contributed by atoms with E-state index in [0.29, 0.717) is 12.2 Å². The van der Waals surface area contributed by atoms with E-state index in [1.165, 1.54) is 12.3 Å². The Balaban J connectivity index is 1.65. The third-order valence-corrected chi connectivity index (χ3v) is 3.94. The molecule has 3 aromatic rings. The van der Waals surface area contributed by atoms with Gasteiger partial charge in [0.2, 0.25) is 0 Å². The lowest BCUT2D eigenvalue weighted by molar-refractivity contribution is -0.148. The first-order chi connectivity index (χ1) is 13.7. The SMILES string of the molecule is CCCc1noc(COC(=O)[C@H](Cc2ccccc2)NC(=O)c2ccco2)n1. The van der Waals surface area contributed by atoms with Gasteiger partial charge < -0.3 is 19.0 Å². The van der Waals surface area contributed by atoms with Crippen molar-refractivity contribution in [1.29, 1.82) is 0 Å². The third-order valence-electron chi connectivity index (χ3n) is 3.94. The molecule has 0 bridgehead atoms. The number of esters is 1. The van der Waals surface area contributed by atoms with Gasteiger partial charge in [0.15, 0.2) is 18.2 Å². The molecule has 1 amide bonds. The molecule has 0 saturated heterocycles. The van der Waals surface area contributed by atoms with Gasteiger partial charge in [-0.15, -0.1) is 0 Å². The Morgan fingerprint density at radius 2 is 2.00 bits per heavy atom. The number of carbonyl (C=O) groups excluding carboxylic acids is 2. The van der Waals surface area contributed by atoms with Crippen LogP contribution in [-0.4, -0.2) is 28.1 Å². The maximum Gasteiger partial charge on any atom is 0.329 e. The van der Waals surface area contributed by atoms with Crippen molar-refractivity contribution < 1.29 is 23.3 Å². The van der Waals surface area contributed by atoms with Gasteiger partial charge in [-0.25, -0.2) is 4.79 Å². The van der Waals surface area contributed by atoms with Crippen LogP contribution < -0.4 is 5.32 Å². The highest BCUT2D eigenvalue weighted by atomic mass is 16.6. The number of furan rings is 1. The fourth-order valence-electron chi connectivity index (χ4n) is 2.59. The summed E-state index contributed by atoms with van der Waals surface area (Å²) in [5.41, 5.74) is 0.882. The smallest absolute Gasteiger partial charge is 0.329 e. The van der Waals surface area contributed by atoms with Crippen LogP contribution >= 0.6 is 0 Å². The molecule has 8 nitrogen and oxygen atoms in total. The maximum atomic E-state index is 12.6. The second-order valence-electron chi connectivity index (χ2n) is 6.16. The molecule has 0 aliphatic rings. The van der Waals surface area contributed by atoms with Gasteiger partial charge in [-0.1, -0.05) is 42.4 Å². The highest BCUT2D eigenvalue weighted by Gasteiger charge is 2.25. The zero-order valence-electron chi connectivity index (χ0n) is 15.5. The summed E-state index contributed by atoms with van der Waals surface area (Å²) in [6, 6.07) is 11.6. The van der Waals surface area contributed by atoms with E-state index in [1.807, 2.05) is 37.3 Å². The van der Waals surface area contributed by atoms with Crippen molar-refractivity contribution in [3.05, 3.63) is 71.8 Å². The summed E-state index contributed by atoms with van der Waals surface area (Å²) in [6.07, 6.45) is 3.24. The molecule has 2 aromatic heterocycles. The first-order valence-corrected chi connectivity index (χ1v) is 9.02. The van der Waals surface area contributed by atoms with Crippen molar-refractivity contribution in [1.82, 2.24) is 15.5 Å². The number of hydrogen-bond donors (Lipinski definition) is 1. The number of amides is 1. The van der Waals surface area contributed by atoms with Crippen LogP contribution in [0.5, 0.6) is 0 Å². The highest BCUT2D eigenvalue weighted by Crippen LogP contribution is 2.09. The zero-order chi connectivity index (χ0) is 19.8. The molecular weight excluding hydrogens is 362 g/mol. The van der Waals surface area contributed by atoms with Gasteiger partial charge in [0.1, 0.15) is 6.04 Å². The van der Waals surface area contributed by atoms with Gasteiger partial charge in [0, 0.05) is 12.8 Å². The standard InChI is InChI=1S/C20H21N3O5/c1-2-7-17-22-18(28-23-17)13-27-20(25)15(12-14-8-4-3-5-9-14)21-19(24)16-10-6-11-26-16/h3-6,8-11,15H,2,7,12-13H2,1H3,(H,21,24)/t15-/m0/s1. The maximum absolute atomic E-state index is 12.6. The summed E-state index contributed by atoms with van der Waals surface area (Å²) < 4.78 is 15.4. The Kier molecular flexibility index (Phi) is 6.56. The van der Waals surface area contributed by atoms with Gasteiger partial charge in [0.05, 0.1) is 6.26 Å². The van der Waals surface area contributed by atoms with E-state index >= 15 is 0 Å². The van der Waals surface area contributed by atoms with Crippen molar-refractivity contribution in [3.63, 3.8) is 0 Å². The number of benzene rings is 1. The Morgan fingerprint density at radius 1 is 1.18 bits per heavy atom. The predicted octanol–water partition coefficient (Wildman–Crippen LogP) is 2.70. The van der Waals surface area contributed by atoms with E-state index < -0.39 is 17.9 Å². The summed E-state index contributed by atoms with van der Waals surface area (Å²) >= 11 is 0. The second-order valence-corrected chi connectivity index (χ2v) is 6.16. The minimum Gasteiger partial charge on any atom is -0.459 e. The van der Waals surface area contributed by atoms with Gasteiger partial charge in [-0.05, 0) is 24.1 Å². The third kappa shape index (κ3) is 5.29. The number of ether oxygens (including phenoxy) is 1. The summed E-state index contributed by atoms with van der Waals surface area (Å²) in [5, 5.41) is 6.47. The first kappa shape index (κ1) is 19.3. The minimum atomic E-state index is -0.891. The van der Waals surface area contributed by atoms with Gasteiger partial charge >= 0.3 is 5.97 Å². The van der Waals surface area contributed by atoms with E-state index in [2.05, 4.69) is 15.5 Å². The molecule has 0 spiro atoms. The van der Waals surface area contributed by atoms with Crippen molar-refractivity contribution in [2.75, 3.05) is 0 Å². The number of aromatic nitrogens is 2. The molecule has 1 aromatic carbocycles. The number of rotatable bonds is 9. The van der Waals surface area contributed by atoms with Crippen LogP contribution in [0.15, 0.2) is 57.7 Å². The Hall–Kier alpha value is -3.42. The monoisotopic (exact) mass is 383 g/mol. The van der Waals surface area contributed by atoms with Gasteiger partial charge in [0.25, 0.3) is 11.8 Å². The highest BCUT2D eigenvalue weighted by molar-refractivity contribution is 5.94. The van der Waals surface area contributed by atoms with E-state index in [1.54, 1.807) is 6.07 Å². The van der Waals surface area contributed by atoms with E-state index in [-0.39, 0.29) is 24.7 Å². The molecule has 0 saturated carbocycles. The lowest BCUT2D eigenvalue weighted by atomic mass is 10.1. The molecule has 3 rings (SSSR count). The van der Waals surface area contributed by atoms with Crippen LogP contribution in [0.2, 0.25) is 0 Å². The van der Waals surface area contributed by atoms with Crippen LogP contribution in [-0.2, 0) is 29.0 Å². The number of nitrogens with one attached hydrogen (secondary N) is 1. The topological polar surface area (TPSA) is 107 Å². The predicted molar refractivity (Wildman–Crippen MR) is 98.2 cm³/mol. The molecule has 1 N–H and O–H groups in total. The molecular formula is C20H21N3O5. The molecule has 8 heteroatoms. The van der Waals surface area contributed by atoms with Gasteiger partial charge in [-0.2, -0.15) is 4.98 Å². The van der Waals surface area contributed by atoms with E-state index in [4.69, 9.17) is 13.7 Å². The Labute approximate surface area is 161 Å². The van der Waals surface area contributed by atoms with Crippen molar-refractivity contribution in [3.8, 4) is 0 Å².